The number of rotatable bonds is 6. The first-order valence-electron chi connectivity index (χ1n) is 6.12. The average molecular weight is 235 g/mol. The zero-order chi connectivity index (χ0) is 12.7. The first kappa shape index (κ1) is 13.7. The molecule has 17 heavy (non-hydrogen) atoms. The molecule has 0 fully saturated rings. The van der Waals surface area contributed by atoms with Crippen molar-refractivity contribution < 1.29 is 9.90 Å². The third kappa shape index (κ3) is 4.57. The highest BCUT2D eigenvalue weighted by Gasteiger charge is 2.09. The predicted molar refractivity (Wildman–Crippen MR) is 68.8 cm³/mol. The van der Waals surface area contributed by atoms with Crippen LogP contribution in [-0.2, 0) is 11.2 Å². The molecule has 3 heteroatoms. The SMILES string of the molecule is CC[C@@H](CO)NC(=O)CCc1ccccc1C. The molecular formula is C14H21NO2. The maximum absolute atomic E-state index is 11.6. The minimum absolute atomic E-state index is 0.00655. The summed E-state index contributed by atoms with van der Waals surface area (Å²) in [6.45, 7) is 4.00. The Morgan fingerprint density at radius 1 is 1.41 bits per heavy atom. The van der Waals surface area contributed by atoms with Crippen LogP contribution in [0, 0.1) is 6.92 Å². The number of aryl methyl sites for hydroxylation is 2. The summed E-state index contributed by atoms with van der Waals surface area (Å²) in [6, 6.07) is 7.97. The Bertz CT molecular complexity index is 359. The van der Waals surface area contributed by atoms with Gasteiger partial charge >= 0.3 is 0 Å². The molecule has 0 unspecified atom stereocenters. The van der Waals surface area contributed by atoms with Crippen LogP contribution < -0.4 is 5.32 Å². The fourth-order valence-corrected chi connectivity index (χ4v) is 1.72. The fourth-order valence-electron chi connectivity index (χ4n) is 1.72. The quantitative estimate of drug-likeness (QED) is 0.790. The standard InChI is InChI=1S/C14H21NO2/c1-3-13(10-16)15-14(17)9-8-12-7-5-4-6-11(12)2/h4-7,13,16H,3,8-10H2,1-2H3,(H,15,17)/t13-/m0/s1. The third-order valence-corrected chi connectivity index (χ3v) is 2.96. The molecule has 0 bridgehead atoms. The van der Waals surface area contributed by atoms with Gasteiger partial charge in [-0.15, -0.1) is 0 Å². The molecule has 0 aliphatic carbocycles. The molecule has 1 aromatic carbocycles. The summed E-state index contributed by atoms with van der Waals surface area (Å²) >= 11 is 0. The molecule has 3 nitrogen and oxygen atoms in total. The Labute approximate surface area is 103 Å². The van der Waals surface area contributed by atoms with Crippen molar-refractivity contribution in [1.29, 1.82) is 0 Å². The molecule has 0 aromatic heterocycles. The van der Waals surface area contributed by atoms with Crippen molar-refractivity contribution in [2.45, 2.75) is 39.2 Å². The van der Waals surface area contributed by atoms with Gasteiger partial charge in [-0.25, -0.2) is 0 Å². The van der Waals surface area contributed by atoms with Gasteiger partial charge in [0.15, 0.2) is 0 Å². The topological polar surface area (TPSA) is 49.3 Å². The first-order chi connectivity index (χ1) is 8.17. The van der Waals surface area contributed by atoms with E-state index in [2.05, 4.69) is 18.3 Å². The van der Waals surface area contributed by atoms with E-state index >= 15 is 0 Å². The number of nitrogens with one attached hydrogen (secondary N) is 1. The molecule has 1 atom stereocenters. The van der Waals surface area contributed by atoms with Crippen LogP contribution in [0.3, 0.4) is 0 Å². The Morgan fingerprint density at radius 2 is 2.12 bits per heavy atom. The van der Waals surface area contributed by atoms with Crippen molar-refractivity contribution in [3.63, 3.8) is 0 Å². The fraction of sp³-hybridized carbons (Fsp3) is 0.500. The van der Waals surface area contributed by atoms with E-state index in [0.717, 1.165) is 12.8 Å². The van der Waals surface area contributed by atoms with Crippen LogP contribution in [0.15, 0.2) is 24.3 Å². The molecule has 94 valence electrons. The van der Waals surface area contributed by atoms with Crippen LogP contribution in [0.1, 0.15) is 30.9 Å². The number of aliphatic hydroxyl groups is 1. The molecule has 0 saturated carbocycles. The summed E-state index contributed by atoms with van der Waals surface area (Å²) in [6.07, 6.45) is 1.98. The lowest BCUT2D eigenvalue weighted by Gasteiger charge is -2.14. The van der Waals surface area contributed by atoms with Crippen LogP contribution >= 0.6 is 0 Å². The van der Waals surface area contributed by atoms with Gasteiger partial charge in [0, 0.05) is 6.42 Å². The molecule has 0 spiro atoms. The summed E-state index contributed by atoms with van der Waals surface area (Å²) in [5.41, 5.74) is 2.43. The molecule has 1 rings (SSSR count). The first-order valence-corrected chi connectivity index (χ1v) is 6.12. The van der Waals surface area contributed by atoms with Gasteiger partial charge in [0.2, 0.25) is 5.91 Å². The lowest BCUT2D eigenvalue weighted by molar-refractivity contribution is -0.122. The van der Waals surface area contributed by atoms with Gasteiger partial charge in [-0.05, 0) is 30.9 Å². The summed E-state index contributed by atoms with van der Waals surface area (Å²) in [5, 5.41) is 11.8. The van der Waals surface area contributed by atoms with Crippen LogP contribution in [0.25, 0.3) is 0 Å². The van der Waals surface area contributed by atoms with Crippen LogP contribution in [0.2, 0.25) is 0 Å². The summed E-state index contributed by atoms with van der Waals surface area (Å²) in [7, 11) is 0. The normalized spacial score (nSPS) is 12.2. The van der Waals surface area contributed by atoms with Gasteiger partial charge in [0.05, 0.1) is 12.6 Å². The van der Waals surface area contributed by atoms with Crippen LogP contribution in [0.4, 0.5) is 0 Å². The molecule has 0 aliphatic heterocycles. The number of carbonyl (C=O) groups excluding carboxylic acids is 1. The summed E-state index contributed by atoms with van der Waals surface area (Å²) in [5.74, 6) is 0.00848. The number of benzene rings is 1. The Morgan fingerprint density at radius 3 is 2.71 bits per heavy atom. The maximum Gasteiger partial charge on any atom is 0.220 e. The van der Waals surface area contributed by atoms with Gasteiger partial charge in [-0.3, -0.25) is 4.79 Å². The minimum Gasteiger partial charge on any atom is -0.394 e. The lowest BCUT2D eigenvalue weighted by atomic mass is 10.0. The second-order valence-corrected chi connectivity index (χ2v) is 4.28. The largest absolute Gasteiger partial charge is 0.394 e. The van der Waals surface area contributed by atoms with Crippen molar-refractivity contribution >= 4 is 5.91 Å². The molecule has 1 aromatic rings. The average Bonchev–Trinajstić information content (AvgIpc) is 2.35. The summed E-state index contributed by atoms with van der Waals surface area (Å²) in [4.78, 5) is 11.6. The highest BCUT2D eigenvalue weighted by atomic mass is 16.3. The van der Waals surface area contributed by atoms with Gasteiger partial charge in [-0.1, -0.05) is 31.2 Å². The van der Waals surface area contributed by atoms with Crippen molar-refractivity contribution in [3.8, 4) is 0 Å². The van der Waals surface area contributed by atoms with Crippen molar-refractivity contribution in [2.75, 3.05) is 6.61 Å². The number of aliphatic hydroxyl groups excluding tert-OH is 1. The lowest BCUT2D eigenvalue weighted by Crippen LogP contribution is -2.37. The molecular weight excluding hydrogens is 214 g/mol. The Balaban J connectivity index is 2.41. The zero-order valence-electron chi connectivity index (χ0n) is 10.6. The number of carbonyl (C=O) groups is 1. The Kier molecular flexibility index (Phi) is 5.70. The van der Waals surface area contributed by atoms with E-state index in [-0.39, 0.29) is 18.6 Å². The van der Waals surface area contributed by atoms with Gasteiger partial charge in [0.25, 0.3) is 0 Å². The third-order valence-electron chi connectivity index (χ3n) is 2.96. The highest BCUT2D eigenvalue weighted by molar-refractivity contribution is 5.76. The molecule has 0 heterocycles. The van der Waals surface area contributed by atoms with E-state index in [9.17, 15) is 4.79 Å². The smallest absolute Gasteiger partial charge is 0.220 e. The van der Waals surface area contributed by atoms with Gasteiger partial charge in [-0.2, -0.15) is 0 Å². The number of amides is 1. The van der Waals surface area contributed by atoms with Crippen LogP contribution in [0.5, 0.6) is 0 Å². The predicted octanol–water partition coefficient (Wildman–Crippen LogP) is 1.81. The molecule has 1 amide bonds. The molecule has 2 N–H and O–H groups in total. The maximum atomic E-state index is 11.6. The van der Waals surface area contributed by atoms with E-state index < -0.39 is 0 Å². The number of hydrogen-bond donors (Lipinski definition) is 2. The second kappa shape index (κ2) is 7.07. The zero-order valence-corrected chi connectivity index (χ0v) is 10.6. The highest BCUT2D eigenvalue weighted by Crippen LogP contribution is 2.09. The molecule has 0 aliphatic rings. The van der Waals surface area contributed by atoms with E-state index in [1.54, 1.807) is 0 Å². The number of hydrogen-bond acceptors (Lipinski definition) is 2. The van der Waals surface area contributed by atoms with Gasteiger partial charge in [0.1, 0.15) is 0 Å². The molecule has 0 radical (unpaired) electrons. The van der Waals surface area contributed by atoms with Gasteiger partial charge < -0.3 is 10.4 Å². The minimum atomic E-state index is -0.112. The van der Waals surface area contributed by atoms with Crippen molar-refractivity contribution in [2.24, 2.45) is 0 Å². The van der Waals surface area contributed by atoms with Crippen molar-refractivity contribution in [1.82, 2.24) is 5.32 Å². The van der Waals surface area contributed by atoms with E-state index in [1.165, 1.54) is 11.1 Å². The van der Waals surface area contributed by atoms with E-state index in [0.29, 0.717) is 6.42 Å². The summed E-state index contributed by atoms with van der Waals surface area (Å²) < 4.78 is 0. The molecule has 0 saturated heterocycles. The monoisotopic (exact) mass is 235 g/mol. The van der Waals surface area contributed by atoms with Crippen LogP contribution in [-0.4, -0.2) is 23.7 Å². The van der Waals surface area contributed by atoms with E-state index in [1.807, 2.05) is 25.1 Å². The second-order valence-electron chi connectivity index (χ2n) is 4.28. The van der Waals surface area contributed by atoms with E-state index in [4.69, 9.17) is 5.11 Å². The Hall–Kier alpha value is -1.35. The van der Waals surface area contributed by atoms with Crippen molar-refractivity contribution in [3.05, 3.63) is 35.4 Å².